The van der Waals surface area contributed by atoms with Crippen LogP contribution in [-0.4, -0.2) is 38.2 Å². The van der Waals surface area contributed by atoms with E-state index in [-0.39, 0.29) is 54.3 Å². The number of carbonyl (C=O) groups excluding carboxylic acids is 2. The summed E-state index contributed by atoms with van der Waals surface area (Å²) in [5.74, 6) is -0.590. The van der Waals surface area contributed by atoms with Gasteiger partial charge in [0.2, 0.25) is 11.8 Å². The number of aromatic amines is 2. The zero-order chi connectivity index (χ0) is 17.4. The molecule has 0 aliphatic carbocycles. The fourth-order valence-electron chi connectivity index (χ4n) is 2.69. The van der Waals surface area contributed by atoms with Crippen LogP contribution in [-0.2, 0) is 16.0 Å². The van der Waals surface area contributed by atoms with E-state index in [0.717, 1.165) is 11.0 Å². The molecule has 0 bridgehead atoms. The van der Waals surface area contributed by atoms with Gasteiger partial charge in [-0.05, 0) is 12.0 Å². The van der Waals surface area contributed by atoms with Crippen molar-refractivity contribution < 1.29 is 14.5 Å². The standard InChI is InChI=1S/C14H12N4O6/c19-10-1-2-11(20)17(10)4-3-7-5-8(18(23)24)6-9-12(7)16-14(22)13(21)15-9/h5-6H,1-4H2,(H,15,21)(H,16,22). The van der Waals surface area contributed by atoms with E-state index in [0.29, 0.717) is 5.56 Å². The molecule has 1 aliphatic heterocycles. The zero-order valence-corrected chi connectivity index (χ0v) is 12.3. The lowest BCUT2D eigenvalue weighted by Crippen LogP contribution is -2.32. The maximum atomic E-state index is 11.6. The van der Waals surface area contributed by atoms with Crippen LogP contribution < -0.4 is 11.1 Å². The minimum atomic E-state index is -0.918. The molecule has 0 spiro atoms. The van der Waals surface area contributed by atoms with Gasteiger partial charge < -0.3 is 9.97 Å². The molecule has 10 nitrogen and oxygen atoms in total. The SMILES string of the molecule is O=C1CCC(=O)N1CCc1cc([N+](=O)[O-])cc2[nH]c(=O)c(=O)[nH]c12. The van der Waals surface area contributed by atoms with Crippen LogP contribution >= 0.6 is 0 Å². The number of aromatic nitrogens is 2. The highest BCUT2D eigenvalue weighted by atomic mass is 16.6. The van der Waals surface area contributed by atoms with Crippen LogP contribution in [0.3, 0.4) is 0 Å². The fourth-order valence-corrected chi connectivity index (χ4v) is 2.69. The van der Waals surface area contributed by atoms with Gasteiger partial charge in [0.1, 0.15) is 0 Å². The minimum absolute atomic E-state index is 0.0507. The van der Waals surface area contributed by atoms with E-state index < -0.39 is 16.0 Å². The van der Waals surface area contributed by atoms with Gasteiger partial charge in [0, 0.05) is 31.5 Å². The molecule has 124 valence electrons. The Hall–Kier alpha value is -3.30. The fraction of sp³-hybridized carbons (Fsp3) is 0.286. The third-order valence-corrected chi connectivity index (χ3v) is 3.87. The van der Waals surface area contributed by atoms with Crippen LogP contribution in [0.1, 0.15) is 18.4 Å². The molecule has 2 aromatic rings. The number of nitro groups is 1. The Balaban J connectivity index is 2.04. The van der Waals surface area contributed by atoms with Crippen molar-refractivity contribution in [3.8, 4) is 0 Å². The van der Waals surface area contributed by atoms with Crippen LogP contribution in [0.25, 0.3) is 11.0 Å². The third kappa shape index (κ3) is 2.69. The highest BCUT2D eigenvalue weighted by Crippen LogP contribution is 2.23. The summed E-state index contributed by atoms with van der Waals surface area (Å²) >= 11 is 0. The number of nitro benzene ring substituents is 1. The van der Waals surface area contributed by atoms with Gasteiger partial charge in [-0.2, -0.15) is 0 Å². The van der Waals surface area contributed by atoms with E-state index in [4.69, 9.17) is 0 Å². The van der Waals surface area contributed by atoms with E-state index in [2.05, 4.69) is 9.97 Å². The Labute approximate surface area is 133 Å². The number of non-ortho nitro benzene ring substituents is 1. The van der Waals surface area contributed by atoms with Gasteiger partial charge in [-0.3, -0.25) is 34.2 Å². The summed E-state index contributed by atoms with van der Waals surface area (Å²) in [7, 11) is 0. The monoisotopic (exact) mass is 332 g/mol. The molecule has 1 aromatic heterocycles. The average Bonchev–Trinajstić information content (AvgIpc) is 2.85. The van der Waals surface area contributed by atoms with E-state index in [1.165, 1.54) is 6.07 Å². The minimum Gasteiger partial charge on any atom is -0.316 e. The van der Waals surface area contributed by atoms with E-state index in [1.807, 2.05) is 0 Å². The lowest BCUT2D eigenvalue weighted by atomic mass is 10.1. The van der Waals surface area contributed by atoms with E-state index in [9.17, 15) is 29.3 Å². The summed E-state index contributed by atoms with van der Waals surface area (Å²) in [5.41, 5.74) is -1.35. The Bertz CT molecular complexity index is 973. The summed E-state index contributed by atoms with van der Waals surface area (Å²) < 4.78 is 0. The number of carbonyl (C=O) groups is 2. The number of likely N-dealkylation sites (tertiary alicyclic amines) is 1. The van der Waals surface area contributed by atoms with Crippen molar-refractivity contribution in [2.45, 2.75) is 19.3 Å². The van der Waals surface area contributed by atoms with Crippen molar-refractivity contribution in [1.82, 2.24) is 14.9 Å². The molecular weight excluding hydrogens is 320 g/mol. The average molecular weight is 332 g/mol. The Morgan fingerprint density at radius 3 is 2.29 bits per heavy atom. The number of fused-ring (bicyclic) bond motifs is 1. The zero-order valence-electron chi connectivity index (χ0n) is 12.3. The number of nitrogens with one attached hydrogen (secondary N) is 2. The Kier molecular flexibility index (Phi) is 3.72. The molecule has 3 rings (SSSR count). The van der Waals surface area contributed by atoms with Crippen molar-refractivity contribution in [3.63, 3.8) is 0 Å². The molecule has 0 saturated carbocycles. The summed E-state index contributed by atoms with van der Waals surface area (Å²) in [6.45, 7) is 0.0507. The molecule has 0 atom stereocenters. The van der Waals surface area contributed by atoms with Gasteiger partial charge in [-0.25, -0.2) is 0 Å². The van der Waals surface area contributed by atoms with Crippen molar-refractivity contribution in [1.29, 1.82) is 0 Å². The highest BCUT2D eigenvalue weighted by Gasteiger charge is 2.28. The number of benzene rings is 1. The normalized spacial score (nSPS) is 14.6. The summed E-state index contributed by atoms with van der Waals surface area (Å²) in [4.78, 5) is 62.4. The smallest absolute Gasteiger partial charge is 0.314 e. The summed E-state index contributed by atoms with van der Waals surface area (Å²) in [6, 6.07) is 2.39. The molecule has 0 unspecified atom stereocenters. The number of amides is 2. The first-order valence-electron chi connectivity index (χ1n) is 7.13. The number of nitrogens with zero attached hydrogens (tertiary/aromatic N) is 2. The molecule has 1 aromatic carbocycles. The van der Waals surface area contributed by atoms with Gasteiger partial charge in [0.05, 0.1) is 16.0 Å². The maximum absolute atomic E-state index is 11.6. The van der Waals surface area contributed by atoms with Crippen molar-refractivity contribution in [2.24, 2.45) is 0 Å². The predicted octanol–water partition coefficient (Wildman–Crippen LogP) is -0.184. The van der Waals surface area contributed by atoms with Gasteiger partial charge >= 0.3 is 11.1 Å². The largest absolute Gasteiger partial charge is 0.316 e. The van der Waals surface area contributed by atoms with Gasteiger partial charge in [-0.15, -0.1) is 0 Å². The summed E-state index contributed by atoms with van der Waals surface area (Å²) in [5, 5.41) is 11.0. The lowest BCUT2D eigenvalue weighted by molar-refractivity contribution is -0.384. The highest BCUT2D eigenvalue weighted by molar-refractivity contribution is 6.01. The second-order valence-corrected chi connectivity index (χ2v) is 5.38. The van der Waals surface area contributed by atoms with Gasteiger partial charge in [0.25, 0.3) is 5.69 Å². The Morgan fingerprint density at radius 1 is 1.04 bits per heavy atom. The van der Waals surface area contributed by atoms with Crippen molar-refractivity contribution in [2.75, 3.05) is 6.54 Å². The Morgan fingerprint density at radius 2 is 1.67 bits per heavy atom. The second kappa shape index (κ2) is 5.72. The molecule has 1 saturated heterocycles. The molecule has 2 heterocycles. The first-order valence-corrected chi connectivity index (χ1v) is 7.13. The number of imide groups is 1. The molecule has 10 heteroatoms. The first kappa shape index (κ1) is 15.6. The van der Waals surface area contributed by atoms with Crippen molar-refractivity contribution >= 4 is 28.5 Å². The molecule has 24 heavy (non-hydrogen) atoms. The van der Waals surface area contributed by atoms with Gasteiger partial charge in [-0.1, -0.05) is 0 Å². The molecular formula is C14H12N4O6. The third-order valence-electron chi connectivity index (χ3n) is 3.87. The lowest BCUT2D eigenvalue weighted by Gasteiger charge is -2.14. The molecule has 2 N–H and O–H groups in total. The molecule has 2 amide bonds. The van der Waals surface area contributed by atoms with Crippen molar-refractivity contribution in [3.05, 3.63) is 48.5 Å². The quantitative estimate of drug-likeness (QED) is 0.343. The number of hydrogen-bond donors (Lipinski definition) is 2. The number of hydrogen-bond acceptors (Lipinski definition) is 6. The van der Waals surface area contributed by atoms with E-state index in [1.54, 1.807) is 0 Å². The predicted molar refractivity (Wildman–Crippen MR) is 81.5 cm³/mol. The second-order valence-electron chi connectivity index (χ2n) is 5.38. The topological polar surface area (TPSA) is 146 Å². The van der Waals surface area contributed by atoms with Gasteiger partial charge in [0.15, 0.2) is 0 Å². The molecule has 1 aliphatic rings. The molecule has 1 fully saturated rings. The van der Waals surface area contributed by atoms with Crippen LogP contribution in [0, 0.1) is 10.1 Å². The summed E-state index contributed by atoms with van der Waals surface area (Å²) in [6.07, 6.45) is 0.426. The first-order chi connectivity index (χ1) is 11.4. The van der Waals surface area contributed by atoms with E-state index >= 15 is 0 Å². The number of rotatable bonds is 4. The van der Waals surface area contributed by atoms with Crippen LogP contribution in [0.15, 0.2) is 21.7 Å². The maximum Gasteiger partial charge on any atom is 0.314 e. The molecule has 0 radical (unpaired) electrons. The number of H-pyrrole nitrogens is 2. The van der Waals surface area contributed by atoms with Crippen LogP contribution in [0.2, 0.25) is 0 Å². The van der Waals surface area contributed by atoms with Crippen LogP contribution in [0.4, 0.5) is 5.69 Å². The van der Waals surface area contributed by atoms with Crippen LogP contribution in [0.5, 0.6) is 0 Å².